The van der Waals surface area contributed by atoms with E-state index in [2.05, 4.69) is 5.43 Å². The topological polar surface area (TPSA) is 88.1 Å². The first-order valence-corrected chi connectivity index (χ1v) is 11.1. The maximum Gasteiger partial charge on any atom is 0.353 e. The van der Waals surface area contributed by atoms with Crippen LogP contribution in [-0.4, -0.2) is 29.9 Å². The molecule has 2 aromatic carbocycles. The van der Waals surface area contributed by atoms with Crippen LogP contribution in [0.3, 0.4) is 0 Å². The molecule has 2 N–H and O–H groups in total. The molecule has 29 heavy (non-hydrogen) atoms. The van der Waals surface area contributed by atoms with Crippen molar-refractivity contribution in [1.29, 1.82) is 0 Å². The van der Waals surface area contributed by atoms with E-state index in [-0.39, 0.29) is 30.1 Å². The van der Waals surface area contributed by atoms with Crippen LogP contribution in [0.25, 0.3) is 0 Å². The molecule has 1 unspecified atom stereocenters. The van der Waals surface area contributed by atoms with Crippen LogP contribution in [-0.2, 0) is 13.6 Å². The minimum Gasteiger partial charge on any atom is -0.507 e. The van der Waals surface area contributed by atoms with Gasteiger partial charge in [-0.2, -0.15) is 0 Å². The number of benzene rings is 2. The summed E-state index contributed by atoms with van der Waals surface area (Å²) in [5.74, 6) is -1.59. The summed E-state index contributed by atoms with van der Waals surface area (Å²) in [6.07, 6.45) is 1.58. The summed E-state index contributed by atoms with van der Waals surface area (Å²) in [7, 11) is -3.71. The molecule has 1 heterocycles. The van der Waals surface area contributed by atoms with Gasteiger partial charge < -0.3 is 14.2 Å². The Morgan fingerprint density at radius 3 is 2.41 bits per heavy atom. The number of rotatable bonds is 8. The SMILES string of the molecule is CCOP(=O)(OCC)C1NN(c2ccccc2)C=C1C(=O)c1cc(C)ccc1O. The number of hydrogen-bond donors (Lipinski definition) is 2. The van der Waals surface area contributed by atoms with Crippen LogP contribution < -0.4 is 10.4 Å². The Bertz CT molecular complexity index is 951. The molecule has 1 atom stereocenters. The molecule has 1 aliphatic heterocycles. The maximum atomic E-state index is 13.5. The molecular weight excluding hydrogens is 391 g/mol. The number of phenols is 1. The van der Waals surface area contributed by atoms with Crippen molar-refractivity contribution in [2.75, 3.05) is 18.2 Å². The summed E-state index contributed by atoms with van der Waals surface area (Å²) in [6, 6.07) is 14.1. The fourth-order valence-electron chi connectivity index (χ4n) is 3.14. The molecule has 0 radical (unpaired) electrons. The summed E-state index contributed by atoms with van der Waals surface area (Å²) in [5.41, 5.74) is 4.99. The molecular formula is C21H25N2O5P. The number of nitrogens with one attached hydrogen (secondary N) is 1. The van der Waals surface area contributed by atoms with Crippen LogP contribution in [0.4, 0.5) is 5.69 Å². The van der Waals surface area contributed by atoms with Gasteiger partial charge in [-0.1, -0.05) is 29.8 Å². The third kappa shape index (κ3) is 4.43. The van der Waals surface area contributed by atoms with Crippen molar-refractivity contribution in [3.05, 3.63) is 71.4 Å². The third-order valence-corrected chi connectivity index (χ3v) is 6.71. The molecule has 7 nitrogen and oxygen atoms in total. The molecule has 3 rings (SSSR count). The number of Topliss-reactive ketones (excluding diaryl/α,β-unsaturated/α-hetero) is 1. The molecule has 0 aromatic heterocycles. The lowest BCUT2D eigenvalue weighted by molar-refractivity contribution is 0.102. The van der Waals surface area contributed by atoms with E-state index in [9.17, 15) is 14.5 Å². The van der Waals surface area contributed by atoms with Gasteiger partial charge in [0.2, 0.25) is 0 Å². The summed E-state index contributed by atoms with van der Waals surface area (Å²) in [5, 5.41) is 11.9. The number of aromatic hydroxyl groups is 1. The van der Waals surface area contributed by atoms with E-state index in [0.717, 1.165) is 11.3 Å². The Balaban J connectivity index is 2.07. The second kappa shape index (κ2) is 8.93. The highest BCUT2D eigenvalue weighted by atomic mass is 31.2. The van der Waals surface area contributed by atoms with Crippen molar-refractivity contribution in [3.63, 3.8) is 0 Å². The molecule has 2 aromatic rings. The van der Waals surface area contributed by atoms with Gasteiger partial charge in [0.15, 0.2) is 11.6 Å². The second-order valence-corrected chi connectivity index (χ2v) is 8.66. The van der Waals surface area contributed by atoms with Crippen molar-refractivity contribution in [2.24, 2.45) is 0 Å². The molecule has 8 heteroatoms. The average molecular weight is 416 g/mol. The van der Waals surface area contributed by atoms with Crippen molar-refractivity contribution in [1.82, 2.24) is 5.43 Å². The second-order valence-electron chi connectivity index (χ2n) is 6.55. The smallest absolute Gasteiger partial charge is 0.353 e. The first-order valence-electron chi connectivity index (χ1n) is 9.45. The van der Waals surface area contributed by atoms with Gasteiger partial charge in [0.05, 0.1) is 24.5 Å². The minimum atomic E-state index is -3.71. The molecule has 0 fully saturated rings. The number of hydrazine groups is 1. The summed E-state index contributed by atoms with van der Waals surface area (Å²) in [4.78, 5) is 13.3. The number of phenolic OH excluding ortho intramolecular Hbond substituents is 1. The molecule has 154 valence electrons. The van der Waals surface area contributed by atoms with Crippen LogP contribution in [0.5, 0.6) is 5.75 Å². The van der Waals surface area contributed by atoms with Crippen LogP contribution in [0, 0.1) is 6.92 Å². The highest BCUT2D eigenvalue weighted by Crippen LogP contribution is 2.56. The molecule has 1 aliphatic rings. The first-order chi connectivity index (χ1) is 13.9. The predicted molar refractivity (Wildman–Crippen MR) is 112 cm³/mol. The van der Waals surface area contributed by atoms with Crippen LogP contribution in [0.2, 0.25) is 0 Å². The molecule has 0 saturated carbocycles. The van der Waals surface area contributed by atoms with E-state index in [1.54, 1.807) is 37.2 Å². The average Bonchev–Trinajstić information content (AvgIpc) is 3.17. The highest BCUT2D eigenvalue weighted by molar-refractivity contribution is 7.55. The lowest BCUT2D eigenvalue weighted by atomic mass is 10.0. The molecule has 0 aliphatic carbocycles. The fraction of sp³-hybridized carbons (Fsp3) is 0.286. The van der Waals surface area contributed by atoms with E-state index >= 15 is 0 Å². The minimum absolute atomic E-state index is 0.137. The number of para-hydroxylation sites is 1. The molecule has 0 saturated heterocycles. The Kier molecular flexibility index (Phi) is 6.55. The Morgan fingerprint density at radius 2 is 1.79 bits per heavy atom. The molecule has 0 spiro atoms. The van der Waals surface area contributed by atoms with Gasteiger partial charge in [0.1, 0.15) is 5.75 Å². The summed E-state index contributed by atoms with van der Waals surface area (Å²) >= 11 is 0. The third-order valence-electron chi connectivity index (χ3n) is 4.45. The quantitative estimate of drug-likeness (QED) is 0.488. The number of ketones is 1. The van der Waals surface area contributed by atoms with Gasteiger partial charge in [-0.05, 0) is 45.0 Å². The van der Waals surface area contributed by atoms with E-state index in [1.165, 1.54) is 6.07 Å². The van der Waals surface area contributed by atoms with E-state index in [4.69, 9.17) is 9.05 Å². The Labute approximate surface area is 170 Å². The van der Waals surface area contributed by atoms with Gasteiger partial charge in [-0.15, -0.1) is 0 Å². The zero-order chi connectivity index (χ0) is 21.0. The van der Waals surface area contributed by atoms with Crippen LogP contribution in [0.15, 0.2) is 60.3 Å². The number of anilines is 1. The largest absolute Gasteiger partial charge is 0.507 e. The number of nitrogens with zero attached hydrogens (tertiary/aromatic N) is 1. The van der Waals surface area contributed by atoms with E-state index in [1.807, 2.05) is 37.3 Å². The van der Waals surface area contributed by atoms with E-state index in [0.29, 0.717) is 0 Å². The van der Waals surface area contributed by atoms with Crippen molar-refractivity contribution < 1.29 is 23.5 Å². The van der Waals surface area contributed by atoms with Crippen molar-refractivity contribution in [2.45, 2.75) is 26.6 Å². The normalized spacial score (nSPS) is 16.7. The lowest BCUT2D eigenvalue weighted by Gasteiger charge is -2.26. The molecule has 0 bridgehead atoms. The van der Waals surface area contributed by atoms with Gasteiger partial charge in [0, 0.05) is 11.8 Å². The Morgan fingerprint density at radius 1 is 1.14 bits per heavy atom. The Hall–Kier alpha value is -2.44. The fourth-order valence-corrected chi connectivity index (χ4v) is 5.03. The van der Waals surface area contributed by atoms with Gasteiger partial charge in [0.25, 0.3) is 0 Å². The van der Waals surface area contributed by atoms with Crippen molar-refractivity contribution >= 4 is 19.1 Å². The standard InChI is InChI=1S/C21H25N2O5P/c1-4-27-29(26,28-5-2)21-18(14-23(22-21)16-9-7-6-8-10-16)20(25)17-13-15(3)11-12-19(17)24/h6-14,21-22,24H,4-5H2,1-3H3. The number of carbonyl (C=O) groups is 1. The zero-order valence-electron chi connectivity index (χ0n) is 16.7. The molecule has 0 amide bonds. The first kappa shape index (κ1) is 21.3. The number of hydrogen-bond acceptors (Lipinski definition) is 7. The van der Waals surface area contributed by atoms with Crippen LogP contribution in [0.1, 0.15) is 29.8 Å². The summed E-state index contributed by atoms with van der Waals surface area (Å²) in [6.45, 7) is 5.59. The lowest BCUT2D eigenvalue weighted by Crippen LogP contribution is -2.38. The predicted octanol–water partition coefficient (Wildman–Crippen LogP) is 4.38. The van der Waals surface area contributed by atoms with Gasteiger partial charge in [-0.25, -0.2) is 5.43 Å². The van der Waals surface area contributed by atoms with Crippen LogP contribution >= 0.6 is 7.60 Å². The van der Waals surface area contributed by atoms with Crippen molar-refractivity contribution in [3.8, 4) is 5.75 Å². The number of carbonyl (C=O) groups excluding carboxylic acids is 1. The maximum absolute atomic E-state index is 13.5. The zero-order valence-corrected chi connectivity index (χ0v) is 17.6. The number of aryl methyl sites for hydroxylation is 1. The van der Waals surface area contributed by atoms with E-state index < -0.39 is 19.2 Å². The van der Waals surface area contributed by atoms with Gasteiger partial charge in [-0.3, -0.25) is 14.4 Å². The highest BCUT2D eigenvalue weighted by Gasteiger charge is 2.45. The monoisotopic (exact) mass is 416 g/mol. The van der Waals surface area contributed by atoms with Gasteiger partial charge >= 0.3 is 7.60 Å². The summed E-state index contributed by atoms with van der Waals surface area (Å²) < 4.78 is 24.5.